The molecule has 0 N–H and O–H groups in total. The number of carbonyl (C=O) groups excluding carboxylic acids is 1. The molecule has 0 radical (unpaired) electrons. The lowest BCUT2D eigenvalue weighted by Crippen LogP contribution is -2.47. The van der Waals surface area contributed by atoms with Crippen LogP contribution in [0.4, 0.5) is 15.9 Å². The molecule has 3 aromatic carbocycles. The number of halogens is 1. The van der Waals surface area contributed by atoms with Crippen molar-refractivity contribution in [3.8, 4) is 6.07 Å². The van der Waals surface area contributed by atoms with Crippen LogP contribution in [-0.2, 0) is 16.1 Å². The predicted octanol–water partition coefficient (Wildman–Crippen LogP) is 4.45. The van der Waals surface area contributed by atoms with E-state index in [2.05, 4.69) is 11.0 Å². The minimum atomic E-state index is -1.21. The number of ether oxygens (including phenoxy) is 1. The van der Waals surface area contributed by atoms with Crippen LogP contribution in [0.1, 0.15) is 17.2 Å². The molecule has 0 amide bonds. The van der Waals surface area contributed by atoms with Crippen LogP contribution in [0.3, 0.4) is 0 Å². The highest BCUT2D eigenvalue weighted by molar-refractivity contribution is 5.85. The van der Waals surface area contributed by atoms with Gasteiger partial charge in [0.05, 0.1) is 17.1 Å². The molecule has 0 saturated carbocycles. The molecule has 1 atom stereocenters. The molecule has 0 unspecified atom stereocenters. The summed E-state index contributed by atoms with van der Waals surface area (Å²) in [4.78, 5) is 26.7. The largest absolute Gasteiger partial charge is 0.460 e. The van der Waals surface area contributed by atoms with Crippen molar-refractivity contribution in [2.45, 2.75) is 12.5 Å². The second kappa shape index (κ2) is 10.4. The lowest BCUT2D eigenvalue weighted by molar-refractivity contribution is -0.145. The fraction of sp³-hybridized carbons (Fsp3) is 0.214. The number of hydrogen-bond donors (Lipinski definition) is 0. The van der Waals surface area contributed by atoms with Gasteiger partial charge in [-0.2, -0.15) is 5.26 Å². The van der Waals surface area contributed by atoms with Gasteiger partial charge in [-0.25, -0.2) is 14.4 Å². The summed E-state index contributed by atoms with van der Waals surface area (Å²) in [5.41, 5.74) is 3.37. The van der Waals surface area contributed by atoms with Gasteiger partial charge in [-0.15, -0.1) is 0 Å². The van der Waals surface area contributed by atoms with Gasteiger partial charge in [0, 0.05) is 31.9 Å². The Bertz CT molecular complexity index is 1400. The van der Waals surface area contributed by atoms with Crippen LogP contribution in [0.2, 0.25) is 0 Å². The summed E-state index contributed by atoms with van der Waals surface area (Å²) in [6.07, 6.45) is 0. The Hall–Kier alpha value is -4.51. The van der Waals surface area contributed by atoms with E-state index in [0.717, 1.165) is 11.3 Å². The van der Waals surface area contributed by atoms with Crippen LogP contribution < -0.4 is 9.80 Å². The van der Waals surface area contributed by atoms with E-state index in [-0.39, 0.29) is 12.4 Å². The SMILES string of the molecule is N#C[C@H](C(=O)OCc1ccccc1)c1nc2ccccc2nc1N1CCN(c2ccc(F)cc2)CC1. The third-order valence-corrected chi connectivity index (χ3v) is 6.21. The first-order valence-corrected chi connectivity index (χ1v) is 11.7. The molecule has 8 heteroatoms. The average Bonchev–Trinajstić information content (AvgIpc) is 2.93. The van der Waals surface area contributed by atoms with Gasteiger partial charge < -0.3 is 14.5 Å². The molecule has 1 fully saturated rings. The summed E-state index contributed by atoms with van der Waals surface area (Å²) in [5, 5.41) is 9.98. The van der Waals surface area contributed by atoms with Crippen LogP contribution in [0.15, 0.2) is 78.9 Å². The summed E-state index contributed by atoms with van der Waals surface area (Å²) < 4.78 is 18.8. The molecule has 180 valence electrons. The third-order valence-electron chi connectivity index (χ3n) is 6.21. The zero-order valence-electron chi connectivity index (χ0n) is 19.5. The minimum Gasteiger partial charge on any atom is -0.460 e. The van der Waals surface area contributed by atoms with E-state index in [4.69, 9.17) is 14.7 Å². The van der Waals surface area contributed by atoms with E-state index < -0.39 is 11.9 Å². The monoisotopic (exact) mass is 481 g/mol. The maximum absolute atomic E-state index is 13.3. The number of nitriles is 1. The van der Waals surface area contributed by atoms with Crippen molar-refractivity contribution in [1.82, 2.24) is 9.97 Å². The predicted molar refractivity (Wildman–Crippen MR) is 135 cm³/mol. The van der Waals surface area contributed by atoms with E-state index in [1.54, 1.807) is 12.1 Å². The number of fused-ring (bicyclic) bond motifs is 1. The van der Waals surface area contributed by atoms with Crippen LogP contribution >= 0.6 is 0 Å². The van der Waals surface area contributed by atoms with E-state index in [1.807, 2.05) is 59.5 Å². The molecule has 1 aromatic heterocycles. The molecule has 4 aromatic rings. The highest BCUT2D eigenvalue weighted by Crippen LogP contribution is 2.29. The van der Waals surface area contributed by atoms with Gasteiger partial charge in [0.25, 0.3) is 0 Å². The van der Waals surface area contributed by atoms with Crippen LogP contribution in [0, 0.1) is 17.1 Å². The molecule has 36 heavy (non-hydrogen) atoms. The number of para-hydroxylation sites is 2. The van der Waals surface area contributed by atoms with Gasteiger partial charge in [0.15, 0.2) is 11.7 Å². The zero-order chi connectivity index (χ0) is 24.9. The summed E-state index contributed by atoms with van der Waals surface area (Å²) >= 11 is 0. The van der Waals surface area contributed by atoms with Gasteiger partial charge in [-0.05, 0) is 42.0 Å². The van der Waals surface area contributed by atoms with E-state index >= 15 is 0 Å². The topological polar surface area (TPSA) is 82.3 Å². The molecule has 2 heterocycles. The number of carbonyl (C=O) groups is 1. The van der Waals surface area contributed by atoms with Gasteiger partial charge in [-0.1, -0.05) is 42.5 Å². The normalized spacial score (nSPS) is 14.3. The number of esters is 1. The summed E-state index contributed by atoms with van der Waals surface area (Å²) in [6.45, 7) is 2.64. The molecule has 0 spiro atoms. The van der Waals surface area contributed by atoms with Gasteiger partial charge in [0.2, 0.25) is 0 Å². The minimum absolute atomic E-state index is 0.0739. The standard InChI is InChI=1S/C28H24FN5O2/c29-21-10-12-22(13-11-21)33-14-16-34(17-15-33)27-26(31-24-8-4-5-9-25(24)32-27)23(18-30)28(35)36-19-20-6-2-1-3-7-20/h1-13,23H,14-17,19H2/t23-/m0/s1. The maximum Gasteiger partial charge on any atom is 0.330 e. The van der Waals surface area contributed by atoms with Gasteiger partial charge in [-0.3, -0.25) is 4.79 Å². The van der Waals surface area contributed by atoms with Crippen molar-refractivity contribution in [2.24, 2.45) is 0 Å². The van der Waals surface area contributed by atoms with Gasteiger partial charge >= 0.3 is 5.97 Å². The Morgan fingerprint density at radius 1 is 0.889 bits per heavy atom. The number of hydrogen-bond acceptors (Lipinski definition) is 7. The Balaban J connectivity index is 1.41. The lowest BCUT2D eigenvalue weighted by atomic mass is 10.1. The highest BCUT2D eigenvalue weighted by atomic mass is 19.1. The van der Waals surface area contributed by atoms with Crippen molar-refractivity contribution in [3.05, 3.63) is 95.9 Å². The first-order chi connectivity index (χ1) is 17.6. The van der Waals surface area contributed by atoms with E-state index in [9.17, 15) is 14.4 Å². The second-order valence-corrected chi connectivity index (χ2v) is 8.53. The van der Waals surface area contributed by atoms with Crippen LogP contribution in [-0.4, -0.2) is 42.1 Å². The molecular weight excluding hydrogens is 457 g/mol. The Morgan fingerprint density at radius 2 is 1.50 bits per heavy atom. The van der Waals surface area contributed by atoms with E-state index in [0.29, 0.717) is 48.7 Å². The Kier molecular flexibility index (Phi) is 6.72. The molecule has 0 bridgehead atoms. The molecular formula is C28H24FN5O2. The first kappa shape index (κ1) is 23.2. The second-order valence-electron chi connectivity index (χ2n) is 8.53. The van der Waals surface area contributed by atoms with Crippen molar-refractivity contribution in [3.63, 3.8) is 0 Å². The molecule has 7 nitrogen and oxygen atoms in total. The quantitative estimate of drug-likeness (QED) is 0.377. The number of benzene rings is 3. The van der Waals surface area contributed by atoms with Crippen molar-refractivity contribution in [2.75, 3.05) is 36.0 Å². The number of nitrogens with zero attached hydrogens (tertiary/aromatic N) is 5. The lowest BCUT2D eigenvalue weighted by Gasteiger charge is -2.37. The first-order valence-electron chi connectivity index (χ1n) is 11.7. The number of piperazine rings is 1. The molecule has 1 aliphatic rings. The summed E-state index contributed by atoms with van der Waals surface area (Å²) in [6, 6.07) is 25.2. The molecule has 1 saturated heterocycles. The zero-order valence-corrected chi connectivity index (χ0v) is 19.5. The number of aromatic nitrogens is 2. The fourth-order valence-corrected chi connectivity index (χ4v) is 4.30. The third kappa shape index (κ3) is 4.96. The molecule has 0 aliphatic carbocycles. The smallest absolute Gasteiger partial charge is 0.330 e. The van der Waals surface area contributed by atoms with Crippen molar-refractivity contribution >= 4 is 28.5 Å². The Morgan fingerprint density at radius 3 is 2.17 bits per heavy atom. The van der Waals surface area contributed by atoms with Gasteiger partial charge in [0.1, 0.15) is 18.1 Å². The number of anilines is 2. The van der Waals surface area contributed by atoms with E-state index in [1.165, 1.54) is 12.1 Å². The van der Waals surface area contributed by atoms with Crippen LogP contribution in [0.5, 0.6) is 0 Å². The Labute approximate surface area is 208 Å². The molecule has 1 aliphatic heterocycles. The van der Waals surface area contributed by atoms with Crippen LogP contribution in [0.25, 0.3) is 11.0 Å². The summed E-state index contributed by atoms with van der Waals surface area (Å²) in [7, 11) is 0. The fourth-order valence-electron chi connectivity index (χ4n) is 4.30. The van der Waals surface area contributed by atoms with Crippen molar-refractivity contribution in [1.29, 1.82) is 5.26 Å². The number of rotatable bonds is 6. The van der Waals surface area contributed by atoms with Crippen molar-refractivity contribution < 1.29 is 13.9 Å². The highest BCUT2D eigenvalue weighted by Gasteiger charge is 2.31. The summed E-state index contributed by atoms with van der Waals surface area (Å²) in [5.74, 6) is -1.63. The molecule has 5 rings (SSSR count). The average molecular weight is 482 g/mol. The maximum atomic E-state index is 13.3.